The summed E-state index contributed by atoms with van der Waals surface area (Å²) < 4.78 is 14.4. The van der Waals surface area contributed by atoms with Gasteiger partial charge in [-0.3, -0.25) is 0 Å². The summed E-state index contributed by atoms with van der Waals surface area (Å²) in [7, 11) is 0. The molecule has 0 atom stereocenters. The van der Waals surface area contributed by atoms with Crippen LogP contribution in [0.25, 0.3) is 0 Å². The summed E-state index contributed by atoms with van der Waals surface area (Å²) >= 11 is 0. The molecule has 0 heterocycles. The van der Waals surface area contributed by atoms with Crippen LogP contribution >= 0.6 is 0 Å². The fourth-order valence-corrected chi connectivity index (χ4v) is 5.21. The Kier molecular flexibility index (Phi) is 5.93. The topological polar surface area (TPSA) is 23.8 Å². The lowest BCUT2D eigenvalue weighted by atomic mass is 9.68. The molecule has 1 nitrogen and oxygen atoms in total. The maximum atomic E-state index is 14.4. The van der Waals surface area contributed by atoms with E-state index in [4.69, 9.17) is 5.26 Å². The van der Waals surface area contributed by atoms with Crippen LogP contribution < -0.4 is 0 Å². The Balaban J connectivity index is 1.54. The Labute approximate surface area is 146 Å². The SMILES string of the molecule is CCCC1CCC(C2CCC(c3cccc(C#N)c3F)CC2)CC1. The third kappa shape index (κ3) is 3.82. The molecule has 2 fully saturated rings. The van der Waals surface area contributed by atoms with Crippen LogP contribution in [0.2, 0.25) is 0 Å². The van der Waals surface area contributed by atoms with Crippen LogP contribution in [-0.4, -0.2) is 0 Å². The summed E-state index contributed by atoms with van der Waals surface area (Å²) in [6.45, 7) is 2.30. The van der Waals surface area contributed by atoms with Crippen molar-refractivity contribution in [3.63, 3.8) is 0 Å². The van der Waals surface area contributed by atoms with Crippen molar-refractivity contribution in [3.05, 3.63) is 35.1 Å². The Morgan fingerprint density at radius 3 is 2.21 bits per heavy atom. The molecular formula is C22H30FN. The molecule has 130 valence electrons. The number of hydrogen-bond donors (Lipinski definition) is 0. The minimum absolute atomic E-state index is 0.198. The zero-order chi connectivity index (χ0) is 16.9. The summed E-state index contributed by atoms with van der Waals surface area (Å²) in [6.07, 6.45) is 13.1. The molecule has 0 N–H and O–H groups in total. The Bertz CT molecular complexity index is 572. The van der Waals surface area contributed by atoms with Gasteiger partial charge >= 0.3 is 0 Å². The van der Waals surface area contributed by atoms with Crippen molar-refractivity contribution >= 4 is 0 Å². The summed E-state index contributed by atoms with van der Waals surface area (Å²) in [6, 6.07) is 7.27. The molecule has 0 aromatic heterocycles. The van der Waals surface area contributed by atoms with Crippen LogP contribution in [0.5, 0.6) is 0 Å². The van der Waals surface area contributed by atoms with E-state index < -0.39 is 0 Å². The highest BCUT2D eigenvalue weighted by Gasteiger charge is 2.31. The molecule has 24 heavy (non-hydrogen) atoms. The molecule has 0 spiro atoms. The van der Waals surface area contributed by atoms with Crippen LogP contribution in [0.4, 0.5) is 4.39 Å². The number of hydrogen-bond acceptors (Lipinski definition) is 1. The van der Waals surface area contributed by atoms with Crippen molar-refractivity contribution < 1.29 is 4.39 Å². The predicted molar refractivity (Wildman–Crippen MR) is 96.2 cm³/mol. The largest absolute Gasteiger partial charge is 0.205 e. The van der Waals surface area contributed by atoms with E-state index in [0.29, 0.717) is 5.92 Å². The Hall–Kier alpha value is -1.36. The first kappa shape index (κ1) is 17.5. The molecule has 0 unspecified atom stereocenters. The van der Waals surface area contributed by atoms with E-state index in [9.17, 15) is 4.39 Å². The van der Waals surface area contributed by atoms with E-state index in [-0.39, 0.29) is 11.4 Å². The molecule has 0 saturated heterocycles. The van der Waals surface area contributed by atoms with Gasteiger partial charge in [0.05, 0.1) is 5.56 Å². The average Bonchev–Trinajstić information content (AvgIpc) is 2.63. The number of nitriles is 1. The van der Waals surface area contributed by atoms with E-state index in [1.165, 1.54) is 51.4 Å². The maximum absolute atomic E-state index is 14.4. The number of halogens is 1. The second-order valence-electron chi connectivity index (χ2n) is 8.00. The van der Waals surface area contributed by atoms with Gasteiger partial charge in [0.15, 0.2) is 0 Å². The smallest absolute Gasteiger partial charge is 0.144 e. The van der Waals surface area contributed by atoms with Crippen molar-refractivity contribution in [3.8, 4) is 6.07 Å². The lowest BCUT2D eigenvalue weighted by Gasteiger charge is -2.38. The van der Waals surface area contributed by atoms with Crippen LogP contribution in [0.3, 0.4) is 0 Å². The van der Waals surface area contributed by atoms with Crippen molar-refractivity contribution in [2.75, 3.05) is 0 Å². The number of nitrogens with zero attached hydrogens (tertiary/aromatic N) is 1. The van der Waals surface area contributed by atoms with Crippen LogP contribution in [0.1, 0.15) is 88.2 Å². The van der Waals surface area contributed by atoms with Gasteiger partial charge in [-0.1, -0.05) is 44.7 Å². The van der Waals surface area contributed by atoms with E-state index in [1.807, 2.05) is 18.2 Å². The molecule has 2 heteroatoms. The van der Waals surface area contributed by atoms with E-state index >= 15 is 0 Å². The third-order valence-corrected chi connectivity index (χ3v) is 6.62. The highest BCUT2D eigenvalue weighted by Crippen LogP contribution is 2.44. The second-order valence-corrected chi connectivity index (χ2v) is 8.00. The standard InChI is InChI=1S/C22H30FN/c1-2-4-16-7-9-17(10-8-16)18-11-13-19(14-12-18)21-6-3-5-20(15-24)22(21)23/h3,5-6,16-19H,2,4,7-14H2,1H3. The fraction of sp³-hybridized carbons (Fsp3) is 0.682. The minimum atomic E-state index is -0.275. The van der Waals surface area contributed by atoms with Gasteiger partial charge in [-0.15, -0.1) is 0 Å². The maximum Gasteiger partial charge on any atom is 0.144 e. The zero-order valence-electron chi connectivity index (χ0n) is 14.9. The van der Waals surface area contributed by atoms with Crippen molar-refractivity contribution in [2.45, 2.75) is 77.0 Å². The van der Waals surface area contributed by atoms with Crippen LogP contribution in [-0.2, 0) is 0 Å². The minimum Gasteiger partial charge on any atom is -0.205 e. The molecule has 0 bridgehead atoms. The summed E-state index contributed by atoms with van der Waals surface area (Å²) in [5.74, 6) is 2.78. The molecule has 0 aliphatic heterocycles. The van der Waals surface area contributed by atoms with Gasteiger partial charge in [0.2, 0.25) is 0 Å². The third-order valence-electron chi connectivity index (χ3n) is 6.62. The van der Waals surface area contributed by atoms with Gasteiger partial charge in [-0.05, 0) is 73.8 Å². The van der Waals surface area contributed by atoms with Gasteiger partial charge in [0.1, 0.15) is 11.9 Å². The highest BCUT2D eigenvalue weighted by molar-refractivity contribution is 5.36. The summed E-state index contributed by atoms with van der Waals surface area (Å²) in [4.78, 5) is 0. The lowest BCUT2D eigenvalue weighted by Crippen LogP contribution is -2.25. The molecule has 2 saturated carbocycles. The van der Waals surface area contributed by atoms with Crippen LogP contribution in [0.15, 0.2) is 18.2 Å². The number of benzene rings is 1. The summed E-state index contributed by atoms with van der Waals surface area (Å²) in [5.41, 5.74) is 0.975. The first-order valence-corrected chi connectivity index (χ1v) is 9.91. The first-order chi connectivity index (χ1) is 11.7. The van der Waals surface area contributed by atoms with Crippen molar-refractivity contribution in [2.24, 2.45) is 17.8 Å². The molecule has 3 rings (SSSR count). The Morgan fingerprint density at radius 1 is 1.00 bits per heavy atom. The molecule has 2 aliphatic rings. The monoisotopic (exact) mass is 327 g/mol. The van der Waals surface area contributed by atoms with Crippen molar-refractivity contribution in [1.29, 1.82) is 5.26 Å². The first-order valence-electron chi connectivity index (χ1n) is 9.91. The normalized spacial score (nSPS) is 30.7. The molecule has 0 amide bonds. The Morgan fingerprint density at radius 2 is 1.62 bits per heavy atom. The van der Waals surface area contributed by atoms with Gasteiger partial charge in [-0.2, -0.15) is 5.26 Å². The number of rotatable bonds is 4. The van der Waals surface area contributed by atoms with Crippen molar-refractivity contribution in [1.82, 2.24) is 0 Å². The quantitative estimate of drug-likeness (QED) is 0.613. The molecule has 1 aromatic carbocycles. The van der Waals surface area contributed by atoms with E-state index in [0.717, 1.165) is 36.2 Å². The van der Waals surface area contributed by atoms with E-state index in [2.05, 4.69) is 6.92 Å². The second kappa shape index (κ2) is 8.15. The molecule has 0 radical (unpaired) electrons. The molecule has 2 aliphatic carbocycles. The fourth-order valence-electron chi connectivity index (χ4n) is 5.21. The van der Waals surface area contributed by atoms with Gasteiger partial charge in [-0.25, -0.2) is 4.39 Å². The van der Waals surface area contributed by atoms with Crippen LogP contribution in [0, 0.1) is 34.9 Å². The molecular weight excluding hydrogens is 297 g/mol. The van der Waals surface area contributed by atoms with Gasteiger partial charge in [0, 0.05) is 0 Å². The molecule has 1 aromatic rings. The van der Waals surface area contributed by atoms with Gasteiger partial charge < -0.3 is 0 Å². The predicted octanol–water partition coefficient (Wildman–Crippen LogP) is 6.58. The summed E-state index contributed by atoms with van der Waals surface area (Å²) in [5, 5.41) is 9.02. The zero-order valence-corrected chi connectivity index (χ0v) is 14.9. The van der Waals surface area contributed by atoms with Gasteiger partial charge in [0.25, 0.3) is 0 Å². The lowest BCUT2D eigenvalue weighted by molar-refractivity contribution is 0.156. The average molecular weight is 327 g/mol. The van der Waals surface area contributed by atoms with E-state index in [1.54, 1.807) is 6.07 Å². The highest BCUT2D eigenvalue weighted by atomic mass is 19.1.